The lowest BCUT2D eigenvalue weighted by Crippen LogP contribution is -2.11. The predicted octanol–water partition coefficient (Wildman–Crippen LogP) is 3.00. The molecule has 1 aromatic carbocycles. The number of pyridine rings is 1. The van der Waals surface area contributed by atoms with Gasteiger partial charge in [0.15, 0.2) is 0 Å². The fraction of sp³-hybridized carbons (Fsp3) is 0.188. The van der Waals surface area contributed by atoms with Crippen LogP contribution >= 0.6 is 0 Å². The highest BCUT2D eigenvalue weighted by molar-refractivity contribution is 5.82. The highest BCUT2D eigenvalue weighted by Crippen LogP contribution is 2.36. The molecule has 0 aliphatic rings. The molecule has 0 unspecified atom stereocenters. The summed E-state index contributed by atoms with van der Waals surface area (Å²) >= 11 is 0. The second-order valence-electron chi connectivity index (χ2n) is 4.80. The molecule has 2 rings (SSSR count). The second-order valence-corrected chi connectivity index (χ2v) is 4.80. The van der Waals surface area contributed by atoms with E-state index < -0.39 is 5.82 Å². The quantitative estimate of drug-likeness (QED) is 0.939. The van der Waals surface area contributed by atoms with Crippen molar-refractivity contribution in [2.75, 3.05) is 5.73 Å². The summed E-state index contributed by atoms with van der Waals surface area (Å²) in [6.07, 6.45) is -0.250. The van der Waals surface area contributed by atoms with Gasteiger partial charge in [-0.1, -0.05) is 18.2 Å². The molecule has 0 saturated carbocycles. The average Bonchev–Trinajstić information content (AvgIpc) is 2.46. The van der Waals surface area contributed by atoms with Crippen molar-refractivity contribution in [3.63, 3.8) is 0 Å². The van der Waals surface area contributed by atoms with Gasteiger partial charge in [-0.2, -0.15) is 15.5 Å². The van der Waals surface area contributed by atoms with Crippen LogP contribution in [0.2, 0.25) is 0 Å². The maximum atomic E-state index is 14.1. The number of ether oxygens (including phenoxy) is 1. The Morgan fingerprint density at radius 2 is 1.82 bits per heavy atom. The van der Waals surface area contributed by atoms with E-state index in [1.54, 1.807) is 19.9 Å². The summed E-state index contributed by atoms with van der Waals surface area (Å²) in [5.41, 5.74) is 5.93. The van der Waals surface area contributed by atoms with Gasteiger partial charge >= 0.3 is 0 Å². The van der Waals surface area contributed by atoms with Crippen LogP contribution in [-0.4, -0.2) is 11.1 Å². The number of aromatic nitrogens is 1. The van der Waals surface area contributed by atoms with Crippen LogP contribution < -0.4 is 10.5 Å². The van der Waals surface area contributed by atoms with Gasteiger partial charge in [-0.05, 0) is 19.9 Å². The lowest BCUT2D eigenvalue weighted by atomic mass is 9.96. The third-order valence-electron chi connectivity index (χ3n) is 2.91. The van der Waals surface area contributed by atoms with Crippen LogP contribution in [0.1, 0.15) is 25.0 Å². The molecule has 0 aliphatic heterocycles. The monoisotopic (exact) mass is 296 g/mol. The van der Waals surface area contributed by atoms with Crippen LogP contribution in [0.4, 0.5) is 10.2 Å². The summed E-state index contributed by atoms with van der Waals surface area (Å²) in [6.45, 7) is 3.53. The van der Waals surface area contributed by atoms with Crippen LogP contribution in [0.3, 0.4) is 0 Å². The number of halogens is 1. The van der Waals surface area contributed by atoms with Gasteiger partial charge in [0.25, 0.3) is 0 Å². The fourth-order valence-corrected chi connectivity index (χ4v) is 2.04. The number of benzene rings is 1. The van der Waals surface area contributed by atoms with Crippen LogP contribution in [0, 0.1) is 28.5 Å². The summed E-state index contributed by atoms with van der Waals surface area (Å²) in [7, 11) is 0. The van der Waals surface area contributed by atoms with E-state index in [-0.39, 0.29) is 40.1 Å². The van der Waals surface area contributed by atoms with Crippen molar-refractivity contribution in [3.8, 4) is 29.1 Å². The minimum absolute atomic E-state index is 0.00717. The molecule has 0 radical (unpaired) electrons. The average molecular weight is 296 g/mol. The number of hydrogen-bond donors (Lipinski definition) is 1. The van der Waals surface area contributed by atoms with E-state index in [4.69, 9.17) is 10.5 Å². The van der Waals surface area contributed by atoms with Crippen LogP contribution in [0.25, 0.3) is 11.1 Å². The lowest BCUT2D eigenvalue weighted by Gasteiger charge is -2.15. The number of nitrogens with two attached hydrogens (primary N) is 1. The zero-order chi connectivity index (χ0) is 16.3. The first-order chi connectivity index (χ1) is 10.5. The Morgan fingerprint density at radius 3 is 2.36 bits per heavy atom. The van der Waals surface area contributed by atoms with E-state index >= 15 is 0 Å². The van der Waals surface area contributed by atoms with Crippen molar-refractivity contribution < 1.29 is 9.13 Å². The number of hydrogen-bond acceptors (Lipinski definition) is 5. The zero-order valence-corrected chi connectivity index (χ0v) is 12.1. The SMILES string of the molecule is CC(C)Oc1nc(N)c(C#N)c(-c2ccccc2F)c1C#N. The molecule has 0 amide bonds. The number of nitrogens with zero attached hydrogens (tertiary/aromatic N) is 3. The third kappa shape index (κ3) is 2.68. The Hall–Kier alpha value is -3.12. The molecule has 1 aromatic heterocycles. The molecule has 2 aromatic rings. The summed E-state index contributed by atoms with van der Waals surface area (Å²) in [5.74, 6) is -0.667. The Kier molecular flexibility index (Phi) is 4.24. The topological polar surface area (TPSA) is 95.7 Å². The maximum absolute atomic E-state index is 14.1. The molecular formula is C16H13FN4O. The molecule has 22 heavy (non-hydrogen) atoms. The van der Waals surface area contributed by atoms with E-state index in [1.165, 1.54) is 18.2 Å². The molecule has 0 aliphatic carbocycles. The van der Waals surface area contributed by atoms with Gasteiger partial charge in [-0.25, -0.2) is 4.39 Å². The number of anilines is 1. The largest absolute Gasteiger partial charge is 0.474 e. The first-order valence-electron chi connectivity index (χ1n) is 6.54. The van der Waals surface area contributed by atoms with Crippen molar-refractivity contribution in [1.82, 2.24) is 4.98 Å². The third-order valence-corrected chi connectivity index (χ3v) is 2.91. The molecule has 0 bridgehead atoms. The molecule has 5 nitrogen and oxygen atoms in total. The van der Waals surface area contributed by atoms with Crippen molar-refractivity contribution in [3.05, 3.63) is 41.2 Å². The Morgan fingerprint density at radius 1 is 1.18 bits per heavy atom. The second kappa shape index (κ2) is 6.11. The smallest absolute Gasteiger partial charge is 0.234 e. The Balaban J connectivity index is 2.87. The maximum Gasteiger partial charge on any atom is 0.234 e. The van der Waals surface area contributed by atoms with Gasteiger partial charge in [-0.15, -0.1) is 0 Å². The van der Waals surface area contributed by atoms with Gasteiger partial charge in [0.2, 0.25) is 5.88 Å². The molecule has 0 atom stereocenters. The molecule has 0 fully saturated rings. The van der Waals surface area contributed by atoms with Crippen molar-refractivity contribution in [2.45, 2.75) is 20.0 Å². The minimum atomic E-state index is -0.559. The van der Waals surface area contributed by atoms with E-state index in [1.807, 2.05) is 12.1 Å². The first-order valence-corrected chi connectivity index (χ1v) is 6.54. The standard InChI is InChI=1S/C16H13FN4O/c1-9(2)22-16-12(8-19)14(11(7-18)15(20)21-16)10-5-3-4-6-13(10)17/h3-6,9H,1-2H3,(H2,20,21). The van der Waals surface area contributed by atoms with Crippen LogP contribution in [0.5, 0.6) is 5.88 Å². The number of nitriles is 2. The van der Waals surface area contributed by atoms with Gasteiger partial charge in [0.05, 0.1) is 6.10 Å². The van der Waals surface area contributed by atoms with Gasteiger partial charge in [0.1, 0.15) is 34.9 Å². The van der Waals surface area contributed by atoms with E-state index in [2.05, 4.69) is 4.98 Å². The molecule has 0 spiro atoms. The highest BCUT2D eigenvalue weighted by atomic mass is 19.1. The lowest BCUT2D eigenvalue weighted by molar-refractivity contribution is 0.232. The molecule has 110 valence electrons. The molecule has 6 heteroatoms. The molecule has 0 saturated heterocycles. The molecular weight excluding hydrogens is 283 g/mol. The summed E-state index contributed by atoms with van der Waals surface area (Å²) in [4.78, 5) is 3.96. The van der Waals surface area contributed by atoms with Crippen molar-refractivity contribution in [1.29, 1.82) is 10.5 Å². The van der Waals surface area contributed by atoms with E-state index in [0.29, 0.717) is 0 Å². The summed E-state index contributed by atoms with van der Waals surface area (Å²) in [5, 5.41) is 18.7. The summed E-state index contributed by atoms with van der Waals surface area (Å²) < 4.78 is 19.6. The molecule has 2 N–H and O–H groups in total. The van der Waals surface area contributed by atoms with Crippen LogP contribution in [-0.2, 0) is 0 Å². The number of rotatable bonds is 3. The highest BCUT2D eigenvalue weighted by Gasteiger charge is 2.23. The Labute approximate surface area is 127 Å². The Bertz CT molecular complexity index is 803. The number of nitrogen functional groups attached to an aromatic ring is 1. The zero-order valence-electron chi connectivity index (χ0n) is 12.1. The summed E-state index contributed by atoms with van der Waals surface area (Å²) in [6, 6.07) is 9.68. The van der Waals surface area contributed by atoms with E-state index in [9.17, 15) is 14.9 Å². The first kappa shape index (κ1) is 15.3. The van der Waals surface area contributed by atoms with Crippen molar-refractivity contribution >= 4 is 5.82 Å². The normalized spacial score (nSPS) is 10.1. The minimum Gasteiger partial charge on any atom is -0.474 e. The van der Waals surface area contributed by atoms with Gasteiger partial charge in [0, 0.05) is 11.1 Å². The molecule has 1 heterocycles. The van der Waals surface area contributed by atoms with E-state index in [0.717, 1.165) is 0 Å². The van der Waals surface area contributed by atoms with Gasteiger partial charge in [-0.3, -0.25) is 0 Å². The van der Waals surface area contributed by atoms with Crippen molar-refractivity contribution in [2.24, 2.45) is 0 Å². The predicted molar refractivity (Wildman–Crippen MR) is 79.2 cm³/mol. The fourth-order valence-electron chi connectivity index (χ4n) is 2.04. The van der Waals surface area contributed by atoms with Gasteiger partial charge < -0.3 is 10.5 Å². The van der Waals surface area contributed by atoms with Crippen LogP contribution in [0.15, 0.2) is 24.3 Å².